The fourth-order valence-corrected chi connectivity index (χ4v) is 2.99. The molecule has 21 heavy (non-hydrogen) atoms. The number of hydrogen-bond donors (Lipinski definition) is 1. The molecule has 7 nitrogen and oxygen atoms in total. The van der Waals surface area contributed by atoms with Gasteiger partial charge in [0.1, 0.15) is 4.88 Å². The summed E-state index contributed by atoms with van der Waals surface area (Å²) >= 11 is 1.15. The van der Waals surface area contributed by atoms with Crippen molar-refractivity contribution in [3.63, 3.8) is 0 Å². The maximum Gasteiger partial charge on any atom is 0.267 e. The maximum absolute atomic E-state index is 12.4. The summed E-state index contributed by atoms with van der Waals surface area (Å²) in [6, 6.07) is 3.66. The number of nitrogens with two attached hydrogens (primary N) is 1. The average molecular weight is 304 g/mol. The largest absolute Gasteiger partial charge is 0.396 e. The van der Waals surface area contributed by atoms with E-state index in [2.05, 4.69) is 19.5 Å². The third-order valence-electron chi connectivity index (χ3n) is 3.53. The molecule has 3 heterocycles. The number of aryl methyl sites for hydroxylation is 1. The highest BCUT2D eigenvalue weighted by molar-refractivity contribution is 7.07. The SMILES string of the molecule is Cc1nnsc1C(=O)N1CCN(c2ncccc2N)CC1. The highest BCUT2D eigenvalue weighted by Gasteiger charge is 2.26. The third-order valence-corrected chi connectivity index (χ3v) is 4.34. The molecule has 0 bridgehead atoms. The van der Waals surface area contributed by atoms with Gasteiger partial charge in [-0.1, -0.05) is 4.49 Å². The number of carbonyl (C=O) groups is 1. The normalized spacial score (nSPS) is 15.3. The predicted molar refractivity (Wildman–Crippen MR) is 81.4 cm³/mol. The van der Waals surface area contributed by atoms with Crippen molar-refractivity contribution in [2.45, 2.75) is 6.92 Å². The third kappa shape index (κ3) is 2.66. The molecule has 110 valence electrons. The summed E-state index contributed by atoms with van der Waals surface area (Å²) in [4.78, 5) is 21.3. The van der Waals surface area contributed by atoms with Crippen LogP contribution in [0.1, 0.15) is 15.4 Å². The van der Waals surface area contributed by atoms with Crippen LogP contribution in [0.25, 0.3) is 0 Å². The lowest BCUT2D eigenvalue weighted by molar-refractivity contribution is 0.0750. The molecular weight excluding hydrogens is 288 g/mol. The Balaban J connectivity index is 1.67. The second-order valence-electron chi connectivity index (χ2n) is 4.88. The van der Waals surface area contributed by atoms with Crippen molar-refractivity contribution in [1.29, 1.82) is 0 Å². The van der Waals surface area contributed by atoms with Gasteiger partial charge in [-0.3, -0.25) is 4.79 Å². The number of piperazine rings is 1. The van der Waals surface area contributed by atoms with Gasteiger partial charge < -0.3 is 15.5 Å². The van der Waals surface area contributed by atoms with Crippen LogP contribution in [0.4, 0.5) is 11.5 Å². The molecule has 0 spiro atoms. The van der Waals surface area contributed by atoms with Crippen LogP contribution < -0.4 is 10.6 Å². The molecule has 0 aliphatic carbocycles. The van der Waals surface area contributed by atoms with E-state index in [0.29, 0.717) is 29.3 Å². The van der Waals surface area contributed by atoms with Gasteiger partial charge in [0, 0.05) is 32.4 Å². The number of nitrogens with zero attached hydrogens (tertiary/aromatic N) is 5. The fourth-order valence-electron chi connectivity index (χ4n) is 2.37. The maximum atomic E-state index is 12.4. The van der Waals surface area contributed by atoms with Gasteiger partial charge in [0.15, 0.2) is 5.82 Å². The van der Waals surface area contributed by atoms with Crippen molar-refractivity contribution in [3.05, 3.63) is 28.9 Å². The minimum atomic E-state index is 0.0103. The summed E-state index contributed by atoms with van der Waals surface area (Å²) in [5.41, 5.74) is 7.31. The van der Waals surface area contributed by atoms with Gasteiger partial charge in [0.05, 0.1) is 11.4 Å². The monoisotopic (exact) mass is 304 g/mol. The topological polar surface area (TPSA) is 88.2 Å². The van der Waals surface area contributed by atoms with Gasteiger partial charge in [-0.2, -0.15) is 0 Å². The van der Waals surface area contributed by atoms with Crippen LogP contribution in [0.3, 0.4) is 0 Å². The van der Waals surface area contributed by atoms with E-state index in [-0.39, 0.29) is 5.91 Å². The summed E-state index contributed by atoms with van der Waals surface area (Å²) in [5, 5.41) is 3.89. The van der Waals surface area contributed by atoms with Gasteiger partial charge in [-0.15, -0.1) is 5.10 Å². The van der Waals surface area contributed by atoms with Crippen LogP contribution in [0.5, 0.6) is 0 Å². The van der Waals surface area contributed by atoms with Crippen molar-refractivity contribution in [2.24, 2.45) is 0 Å². The highest BCUT2D eigenvalue weighted by atomic mass is 32.1. The molecule has 2 aromatic heterocycles. The number of aromatic nitrogens is 3. The standard InChI is InChI=1S/C13H16N6OS/c1-9-11(21-17-16-9)13(20)19-7-5-18(6-8-19)12-10(14)3-2-4-15-12/h2-4H,5-8,14H2,1H3. The summed E-state index contributed by atoms with van der Waals surface area (Å²) in [5.74, 6) is 0.802. The Labute approximate surface area is 126 Å². The Morgan fingerprint density at radius 1 is 1.33 bits per heavy atom. The molecule has 2 N–H and O–H groups in total. The molecule has 1 amide bonds. The van der Waals surface area contributed by atoms with Crippen LogP contribution >= 0.6 is 11.5 Å². The van der Waals surface area contributed by atoms with Crippen molar-refractivity contribution in [2.75, 3.05) is 36.8 Å². The molecule has 0 atom stereocenters. The quantitative estimate of drug-likeness (QED) is 0.882. The Kier molecular flexibility index (Phi) is 3.70. The Morgan fingerprint density at radius 2 is 2.10 bits per heavy atom. The smallest absolute Gasteiger partial charge is 0.267 e. The molecule has 3 rings (SSSR count). The lowest BCUT2D eigenvalue weighted by atomic mass is 10.2. The fraction of sp³-hybridized carbons (Fsp3) is 0.385. The second-order valence-corrected chi connectivity index (χ2v) is 5.64. The lowest BCUT2D eigenvalue weighted by Crippen LogP contribution is -2.49. The second kappa shape index (κ2) is 5.65. The van der Waals surface area contributed by atoms with Crippen molar-refractivity contribution < 1.29 is 4.79 Å². The van der Waals surface area contributed by atoms with Crippen molar-refractivity contribution in [1.82, 2.24) is 19.5 Å². The molecule has 2 aromatic rings. The predicted octanol–water partition coefficient (Wildman–Crippen LogP) is 0.786. The summed E-state index contributed by atoms with van der Waals surface area (Å²) < 4.78 is 3.82. The molecule has 1 fully saturated rings. The van der Waals surface area contributed by atoms with Crippen molar-refractivity contribution in [3.8, 4) is 0 Å². The van der Waals surface area contributed by atoms with Crippen LogP contribution in [-0.2, 0) is 0 Å². The Morgan fingerprint density at radius 3 is 2.71 bits per heavy atom. The summed E-state index contributed by atoms with van der Waals surface area (Å²) in [6.07, 6.45) is 1.73. The molecule has 1 aliphatic rings. The van der Waals surface area contributed by atoms with E-state index in [1.54, 1.807) is 6.20 Å². The number of anilines is 2. The molecule has 8 heteroatoms. The first-order chi connectivity index (χ1) is 10.2. The Hall–Kier alpha value is -2.22. The van der Waals surface area contributed by atoms with E-state index in [9.17, 15) is 4.79 Å². The Bertz CT molecular complexity index is 650. The van der Waals surface area contributed by atoms with Gasteiger partial charge in [-0.25, -0.2) is 4.98 Å². The van der Waals surface area contributed by atoms with Gasteiger partial charge in [-0.05, 0) is 30.6 Å². The van der Waals surface area contributed by atoms with Crippen LogP contribution in [0, 0.1) is 6.92 Å². The molecule has 0 saturated carbocycles. The van der Waals surface area contributed by atoms with E-state index in [0.717, 1.165) is 30.4 Å². The molecule has 1 aliphatic heterocycles. The minimum Gasteiger partial charge on any atom is -0.396 e. The average Bonchev–Trinajstić information content (AvgIpc) is 2.93. The van der Waals surface area contributed by atoms with E-state index >= 15 is 0 Å². The number of nitrogen functional groups attached to an aromatic ring is 1. The number of carbonyl (C=O) groups excluding carboxylic acids is 1. The van der Waals surface area contributed by atoms with E-state index in [1.165, 1.54) is 0 Å². The van der Waals surface area contributed by atoms with E-state index < -0.39 is 0 Å². The number of amides is 1. The van der Waals surface area contributed by atoms with E-state index in [1.807, 2.05) is 24.0 Å². The molecule has 1 saturated heterocycles. The highest BCUT2D eigenvalue weighted by Crippen LogP contribution is 2.21. The van der Waals surface area contributed by atoms with Crippen molar-refractivity contribution >= 4 is 28.9 Å². The molecule has 0 aromatic carbocycles. The van der Waals surface area contributed by atoms with E-state index in [4.69, 9.17) is 5.73 Å². The molecule has 0 unspecified atom stereocenters. The van der Waals surface area contributed by atoms with Crippen LogP contribution in [0.15, 0.2) is 18.3 Å². The lowest BCUT2D eigenvalue weighted by Gasteiger charge is -2.35. The minimum absolute atomic E-state index is 0.0103. The van der Waals surface area contributed by atoms with Gasteiger partial charge in [0.25, 0.3) is 5.91 Å². The number of hydrogen-bond acceptors (Lipinski definition) is 7. The first-order valence-corrected chi connectivity index (χ1v) is 7.48. The zero-order chi connectivity index (χ0) is 14.8. The first-order valence-electron chi connectivity index (χ1n) is 6.70. The zero-order valence-electron chi connectivity index (χ0n) is 11.7. The molecular formula is C13H16N6OS. The van der Waals surface area contributed by atoms with Crippen LogP contribution in [-0.4, -0.2) is 51.6 Å². The van der Waals surface area contributed by atoms with Crippen LogP contribution in [0.2, 0.25) is 0 Å². The first kappa shape index (κ1) is 13.7. The summed E-state index contributed by atoms with van der Waals surface area (Å²) in [6.45, 7) is 4.54. The zero-order valence-corrected chi connectivity index (χ0v) is 12.5. The molecule has 0 radical (unpaired) electrons. The van der Waals surface area contributed by atoms with Gasteiger partial charge in [0.2, 0.25) is 0 Å². The summed E-state index contributed by atoms with van der Waals surface area (Å²) in [7, 11) is 0. The number of rotatable bonds is 2. The van der Waals surface area contributed by atoms with Gasteiger partial charge >= 0.3 is 0 Å². The number of pyridine rings is 1.